The normalized spacial score (nSPS) is 15.5. The number of rotatable bonds is 8. The first-order chi connectivity index (χ1) is 17.7. The number of hydrogen-bond donors (Lipinski definition) is 4. The van der Waals surface area contributed by atoms with Crippen LogP contribution in [0.4, 0.5) is 0 Å². The van der Waals surface area contributed by atoms with Crippen molar-refractivity contribution in [3.63, 3.8) is 0 Å². The number of nitrogens with zero attached hydrogens (tertiary/aromatic N) is 2. The standard InChI is InChI=1S/C29H31N5O2/c30-16-20-4-3-6-24(14-20)34-19-33-27-18-32-26(15-28(36)29(27)34)22-10-8-21(9-11-22)25-7-2-1-5-23(25)17-31-12-13-35/h1-11,14,19,26,31-32,35H,12-13,15-18,30H2. The number of nitrogens with one attached hydrogen (secondary N) is 2. The molecule has 0 aliphatic carbocycles. The van der Waals surface area contributed by atoms with Crippen molar-refractivity contribution in [3.8, 4) is 16.8 Å². The maximum absolute atomic E-state index is 13.4. The molecule has 7 heteroatoms. The second kappa shape index (κ2) is 11.0. The Morgan fingerprint density at radius 3 is 2.72 bits per heavy atom. The van der Waals surface area contributed by atoms with E-state index in [-0.39, 0.29) is 18.4 Å². The van der Waals surface area contributed by atoms with Crippen LogP contribution in [0.25, 0.3) is 16.8 Å². The molecule has 1 atom stereocenters. The summed E-state index contributed by atoms with van der Waals surface area (Å²) in [6.45, 7) is 2.34. The Morgan fingerprint density at radius 2 is 1.92 bits per heavy atom. The minimum absolute atomic E-state index is 0.0695. The lowest BCUT2D eigenvalue weighted by molar-refractivity contribution is 0.0966. The van der Waals surface area contributed by atoms with E-state index in [1.165, 1.54) is 5.56 Å². The third-order valence-corrected chi connectivity index (χ3v) is 6.68. The second-order valence-electron chi connectivity index (χ2n) is 9.02. The lowest BCUT2D eigenvalue weighted by Gasteiger charge is -2.17. The van der Waals surface area contributed by atoms with E-state index in [0.29, 0.717) is 38.3 Å². The molecule has 1 aliphatic heterocycles. The number of ketones is 1. The SMILES string of the molecule is NCc1cccc(-n2cnc3c2C(=O)CC(c2ccc(-c4ccccc4CNCCO)cc2)NC3)c1. The number of carbonyl (C=O) groups is 1. The minimum Gasteiger partial charge on any atom is -0.395 e. The van der Waals surface area contributed by atoms with Crippen LogP contribution in [0.15, 0.2) is 79.1 Å². The minimum atomic E-state index is -0.0916. The zero-order valence-electron chi connectivity index (χ0n) is 20.2. The van der Waals surface area contributed by atoms with E-state index in [1.807, 2.05) is 41.0 Å². The summed E-state index contributed by atoms with van der Waals surface area (Å²) < 4.78 is 1.88. The molecular weight excluding hydrogens is 450 g/mol. The van der Waals surface area contributed by atoms with Crippen molar-refractivity contribution in [2.75, 3.05) is 13.2 Å². The van der Waals surface area contributed by atoms with Gasteiger partial charge in [0.15, 0.2) is 5.78 Å². The molecular formula is C29H31N5O2. The van der Waals surface area contributed by atoms with Gasteiger partial charge in [-0.25, -0.2) is 4.98 Å². The average molecular weight is 482 g/mol. The van der Waals surface area contributed by atoms with E-state index in [0.717, 1.165) is 33.6 Å². The highest BCUT2D eigenvalue weighted by Crippen LogP contribution is 2.29. The summed E-state index contributed by atoms with van der Waals surface area (Å²) in [5.74, 6) is 0.0695. The number of aromatic nitrogens is 2. The zero-order valence-corrected chi connectivity index (χ0v) is 20.2. The summed E-state index contributed by atoms with van der Waals surface area (Å²) in [5, 5.41) is 15.8. The Balaban J connectivity index is 1.35. The van der Waals surface area contributed by atoms with Crippen LogP contribution in [-0.4, -0.2) is 33.6 Å². The predicted molar refractivity (Wildman–Crippen MR) is 141 cm³/mol. The van der Waals surface area contributed by atoms with Gasteiger partial charge in [0.2, 0.25) is 0 Å². The van der Waals surface area contributed by atoms with Crippen molar-refractivity contribution in [3.05, 3.63) is 107 Å². The summed E-state index contributed by atoms with van der Waals surface area (Å²) in [6.07, 6.45) is 2.08. The van der Waals surface area contributed by atoms with E-state index in [2.05, 4.69) is 52.0 Å². The summed E-state index contributed by atoms with van der Waals surface area (Å²) in [4.78, 5) is 18.0. The van der Waals surface area contributed by atoms with Crippen molar-refractivity contribution < 1.29 is 9.90 Å². The molecule has 2 heterocycles. The molecule has 0 saturated heterocycles. The van der Waals surface area contributed by atoms with Gasteiger partial charge in [0, 0.05) is 44.3 Å². The Hall–Kier alpha value is -3.62. The number of benzene rings is 3. The highest BCUT2D eigenvalue weighted by Gasteiger charge is 2.27. The zero-order chi connectivity index (χ0) is 24.9. The van der Waals surface area contributed by atoms with Crippen molar-refractivity contribution in [2.24, 2.45) is 5.73 Å². The number of aliphatic hydroxyl groups excluding tert-OH is 1. The molecule has 0 spiro atoms. The molecule has 0 radical (unpaired) electrons. The first-order valence-electron chi connectivity index (χ1n) is 12.3. The van der Waals surface area contributed by atoms with Crippen molar-refractivity contribution in [1.82, 2.24) is 20.2 Å². The molecule has 3 aromatic carbocycles. The first kappa shape index (κ1) is 24.1. The third-order valence-electron chi connectivity index (χ3n) is 6.68. The molecule has 7 nitrogen and oxygen atoms in total. The molecule has 4 aromatic rings. The molecule has 0 amide bonds. The van der Waals surface area contributed by atoms with Gasteiger partial charge in [0.1, 0.15) is 12.0 Å². The molecule has 5 rings (SSSR count). The Kier molecular flexibility index (Phi) is 7.34. The summed E-state index contributed by atoms with van der Waals surface area (Å²) in [7, 11) is 0. The van der Waals surface area contributed by atoms with Crippen molar-refractivity contribution in [2.45, 2.75) is 32.1 Å². The fourth-order valence-electron chi connectivity index (χ4n) is 4.80. The fraction of sp³-hybridized carbons (Fsp3) is 0.241. The van der Waals surface area contributed by atoms with Crippen LogP contribution < -0.4 is 16.4 Å². The van der Waals surface area contributed by atoms with E-state index in [4.69, 9.17) is 10.8 Å². The predicted octanol–water partition coefficient (Wildman–Crippen LogP) is 3.50. The van der Waals surface area contributed by atoms with Crippen LogP contribution in [0.1, 0.15) is 45.3 Å². The molecule has 1 unspecified atom stereocenters. The van der Waals surface area contributed by atoms with E-state index < -0.39 is 0 Å². The number of imidazole rings is 1. The molecule has 1 aliphatic rings. The number of carbonyl (C=O) groups excluding carboxylic acids is 1. The smallest absolute Gasteiger partial charge is 0.183 e. The van der Waals surface area contributed by atoms with E-state index in [9.17, 15) is 4.79 Å². The Labute approximate surface area is 211 Å². The molecule has 5 N–H and O–H groups in total. The highest BCUT2D eigenvalue weighted by molar-refractivity contribution is 5.97. The second-order valence-corrected chi connectivity index (χ2v) is 9.02. The van der Waals surface area contributed by atoms with Crippen LogP contribution >= 0.6 is 0 Å². The van der Waals surface area contributed by atoms with Gasteiger partial charge >= 0.3 is 0 Å². The van der Waals surface area contributed by atoms with Gasteiger partial charge in [-0.3, -0.25) is 9.36 Å². The molecule has 184 valence electrons. The third kappa shape index (κ3) is 5.01. The van der Waals surface area contributed by atoms with Crippen LogP contribution in [0.3, 0.4) is 0 Å². The largest absolute Gasteiger partial charge is 0.395 e. The molecule has 36 heavy (non-hydrogen) atoms. The van der Waals surface area contributed by atoms with Gasteiger partial charge in [-0.2, -0.15) is 0 Å². The first-order valence-corrected chi connectivity index (χ1v) is 12.3. The molecule has 0 bridgehead atoms. The quantitative estimate of drug-likeness (QED) is 0.287. The van der Waals surface area contributed by atoms with Gasteiger partial charge in [0.25, 0.3) is 0 Å². The summed E-state index contributed by atoms with van der Waals surface area (Å²) in [5.41, 5.74) is 13.7. The monoisotopic (exact) mass is 481 g/mol. The lowest BCUT2D eigenvalue weighted by atomic mass is 9.95. The summed E-state index contributed by atoms with van der Waals surface area (Å²) in [6, 6.07) is 24.5. The maximum Gasteiger partial charge on any atom is 0.183 e. The number of aliphatic hydroxyl groups is 1. The lowest BCUT2D eigenvalue weighted by Crippen LogP contribution is -2.20. The van der Waals surface area contributed by atoms with Gasteiger partial charge in [-0.15, -0.1) is 0 Å². The number of hydrogen-bond acceptors (Lipinski definition) is 6. The maximum atomic E-state index is 13.4. The van der Waals surface area contributed by atoms with Gasteiger partial charge in [0.05, 0.1) is 12.3 Å². The topological polar surface area (TPSA) is 105 Å². The number of fused-ring (bicyclic) bond motifs is 1. The van der Waals surface area contributed by atoms with Gasteiger partial charge in [-0.1, -0.05) is 60.7 Å². The number of nitrogens with two attached hydrogens (primary N) is 1. The van der Waals surface area contributed by atoms with E-state index >= 15 is 0 Å². The average Bonchev–Trinajstić information content (AvgIpc) is 3.28. The number of Topliss-reactive ketones (excluding diaryl/α,β-unsaturated/α-hetero) is 1. The van der Waals surface area contributed by atoms with Crippen molar-refractivity contribution in [1.29, 1.82) is 0 Å². The van der Waals surface area contributed by atoms with Gasteiger partial charge < -0.3 is 21.5 Å². The summed E-state index contributed by atoms with van der Waals surface area (Å²) >= 11 is 0. The molecule has 0 fully saturated rings. The Morgan fingerprint density at radius 1 is 1.08 bits per heavy atom. The highest BCUT2D eigenvalue weighted by atomic mass is 16.3. The van der Waals surface area contributed by atoms with Gasteiger partial charge in [-0.05, 0) is 39.9 Å². The molecule has 0 saturated carbocycles. The fourth-order valence-corrected chi connectivity index (χ4v) is 4.80. The van der Waals surface area contributed by atoms with Crippen LogP contribution in [0, 0.1) is 0 Å². The van der Waals surface area contributed by atoms with E-state index in [1.54, 1.807) is 6.33 Å². The van der Waals surface area contributed by atoms with Crippen LogP contribution in [-0.2, 0) is 19.6 Å². The Bertz CT molecular complexity index is 1350. The molecule has 1 aromatic heterocycles. The van der Waals surface area contributed by atoms with Crippen molar-refractivity contribution >= 4 is 5.78 Å². The van der Waals surface area contributed by atoms with Crippen LogP contribution in [0.2, 0.25) is 0 Å². The van der Waals surface area contributed by atoms with Crippen LogP contribution in [0.5, 0.6) is 0 Å².